The Morgan fingerprint density at radius 3 is 1.79 bits per heavy atom. The quantitative estimate of drug-likeness (QED) is 0.0762. The fraction of sp³-hybridized carbons (Fsp3) is 1.00. The molecule has 0 fully saturated rings. The zero-order valence-corrected chi connectivity index (χ0v) is 24.4. The topological polar surface area (TPSA) is 58.6 Å². The fourth-order valence-corrected chi connectivity index (χ4v) is 5.94. The van der Waals surface area contributed by atoms with Crippen molar-refractivity contribution in [2.24, 2.45) is 0 Å². The molecule has 1 unspecified atom stereocenters. The van der Waals surface area contributed by atoms with Crippen molar-refractivity contribution in [2.45, 2.75) is 109 Å². The Bertz CT molecular complexity index is 474. The van der Waals surface area contributed by atoms with Crippen molar-refractivity contribution in [1.29, 1.82) is 0 Å². The standard InChI is InChI=1S/C26H56NO4PS/c1-6-7-8-9-10-11-12-13-14-15-16-17-18-19-24-33-25-26(30-5)20-23-32(28,29)31-22-21-27(2,3)4/h26H,6-25H2,1-5H3/t26-/m1/s1. The van der Waals surface area contributed by atoms with E-state index in [2.05, 4.69) is 6.92 Å². The number of ether oxygens (including phenoxy) is 1. The molecule has 2 atom stereocenters. The Kier molecular flexibility index (Phi) is 22.0. The van der Waals surface area contributed by atoms with E-state index in [1.807, 2.05) is 32.9 Å². The number of nitrogens with zero attached hydrogens (tertiary/aromatic N) is 1. The van der Waals surface area contributed by atoms with Gasteiger partial charge in [-0.3, -0.25) is 0 Å². The number of methoxy groups -OCH3 is 1. The number of hydrogen-bond acceptors (Lipinski definition) is 5. The summed E-state index contributed by atoms with van der Waals surface area (Å²) in [4.78, 5) is 12.1. The molecule has 7 heteroatoms. The average molecular weight is 510 g/mol. The van der Waals surface area contributed by atoms with Gasteiger partial charge >= 0.3 is 0 Å². The van der Waals surface area contributed by atoms with Crippen LogP contribution in [0.15, 0.2) is 0 Å². The first kappa shape index (κ1) is 33.4. The number of unbranched alkanes of at least 4 members (excludes halogenated alkanes) is 13. The van der Waals surface area contributed by atoms with Crippen LogP contribution < -0.4 is 4.89 Å². The third-order valence-corrected chi connectivity index (χ3v) is 8.62. The van der Waals surface area contributed by atoms with Crippen molar-refractivity contribution < 1.29 is 23.2 Å². The molecule has 0 aromatic rings. The van der Waals surface area contributed by atoms with Crippen LogP contribution in [0.5, 0.6) is 0 Å². The fourth-order valence-electron chi connectivity index (χ4n) is 3.70. The van der Waals surface area contributed by atoms with Crippen LogP contribution in [-0.4, -0.2) is 69.7 Å². The maximum atomic E-state index is 12.1. The van der Waals surface area contributed by atoms with E-state index >= 15 is 0 Å². The summed E-state index contributed by atoms with van der Waals surface area (Å²) in [5.41, 5.74) is 0. The Morgan fingerprint density at radius 1 is 0.848 bits per heavy atom. The van der Waals surface area contributed by atoms with E-state index in [1.54, 1.807) is 7.11 Å². The van der Waals surface area contributed by atoms with E-state index in [9.17, 15) is 9.46 Å². The second-order valence-electron chi connectivity index (χ2n) is 10.5. The van der Waals surface area contributed by atoms with E-state index in [0.717, 1.165) is 11.5 Å². The van der Waals surface area contributed by atoms with Crippen LogP contribution in [0.25, 0.3) is 0 Å². The lowest BCUT2D eigenvalue weighted by Gasteiger charge is -2.28. The summed E-state index contributed by atoms with van der Waals surface area (Å²) in [6.45, 7) is 3.20. The van der Waals surface area contributed by atoms with Crippen molar-refractivity contribution in [3.63, 3.8) is 0 Å². The van der Waals surface area contributed by atoms with Gasteiger partial charge < -0.3 is 23.2 Å². The highest BCUT2D eigenvalue weighted by Gasteiger charge is 2.16. The molecule has 0 aliphatic heterocycles. The highest BCUT2D eigenvalue weighted by Crippen LogP contribution is 2.38. The number of likely N-dealkylation sites (N-methyl/N-ethyl adjacent to an activating group) is 1. The van der Waals surface area contributed by atoms with E-state index in [-0.39, 0.29) is 18.9 Å². The van der Waals surface area contributed by atoms with Gasteiger partial charge in [0.05, 0.1) is 27.2 Å². The lowest BCUT2D eigenvalue weighted by molar-refractivity contribution is -0.870. The summed E-state index contributed by atoms with van der Waals surface area (Å²) in [6, 6.07) is 0. The van der Waals surface area contributed by atoms with Gasteiger partial charge in [-0.15, -0.1) is 0 Å². The van der Waals surface area contributed by atoms with Gasteiger partial charge in [-0.2, -0.15) is 11.8 Å². The van der Waals surface area contributed by atoms with Crippen LogP contribution in [0.3, 0.4) is 0 Å². The number of thioether (sulfide) groups is 1. The Morgan fingerprint density at radius 2 is 1.33 bits per heavy atom. The van der Waals surface area contributed by atoms with Crippen molar-refractivity contribution in [1.82, 2.24) is 0 Å². The van der Waals surface area contributed by atoms with Crippen molar-refractivity contribution in [3.05, 3.63) is 0 Å². The van der Waals surface area contributed by atoms with Gasteiger partial charge in [-0.05, 0) is 18.6 Å². The molecule has 0 amide bonds. The zero-order valence-electron chi connectivity index (χ0n) is 22.7. The molecule has 0 spiro atoms. The van der Waals surface area contributed by atoms with E-state index in [1.165, 1.54) is 89.9 Å². The minimum absolute atomic E-state index is 0.0223. The molecule has 5 nitrogen and oxygen atoms in total. The first-order chi connectivity index (χ1) is 15.7. The monoisotopic (exact) mass is 509 g/mol. The van der Waals surface area contributed by atoms with Gasteiger partial charge in [0, 0.05) is 19.0 Å². The predicted molar refractivity (Wildman–Crippen MR) is 144 cm³/mol. The highest BCUT2D eigenvalue weighted by molar-refractivity contribution is 7.99. The molecule has 0 aromatic carbocycles. The molecule has 33 heavy (non-hydrogen) atoms. The molecule has 0 saturated heterocycles. The van der Waals surface area contributed by atoms with Crippen LogP contribution in [0.1, 0.15) is 103 Å². The van der Waals surface area contributed by atoms with Crippen LogP contribution >= 0.6 is 19.4 Å². The summed E-state index contributed by atoms with van der Waals surface area (Å²) >= 11 is 1.88. The molecular weight excluding hydrogens is 453 g/mol. The molecule has 0 bridgehead atoms. The normalized spacial score (nSPS) is 15.0. The Labute approximate surface area is 210 Å². The molecule has 0 N–H and O–H groups in total. The Hall–Kier alpha value is 0.420. The number of quaternary nitrogens is 1. The molecule has 0 aromatic heterocycles. The first-order valence-corrected chi connectivity index (χ1v) is 16.4. The molecule has 200 valence electrons. The van der Waals surface area contributed by atoms with E-state index in [0.29, 0.717) is 17.4 Å². The molecule has 0 rings (SSSR count). The minimum atomic E-state index is -3.77. The number of rotatable bonds is 25. The molecule has 0 aliphatic rings. The van der Waals surface area contributed by atoms with Gasteiger partial charge in [0.25, 0.3) is 0 Å². The smallest absolute Gasteiger partial charge is 0.135 e. The van der Waals surface area contributed by atoms with Crippen LogP contribution in [-0.2, 0) is 13.8 Å². The number of hydrogen-bond donors (Lipinski definition) is 0. The SMILES string of the molecule is CCCCCCCCCCCCCCCCSC[C@@H](CCP(=O)([O-])OCC[N+](C)(C)C)OC. The maximum absolute atomic E-state index is 12.1. The molecule has 0 saturated carbocycles. The van der Waals surface area contributed by atoms with Crippen LogP contribution in [0.4, 0.5) is 0 Å². The summed E-state index contributed by atoms with van der Waals surface area (Å²) in [5.74, 6) is 1.99. The third-order valence-electron chi connectivity index (χ3n) is 6.05. The first-order valence-electron chi connectivity index (χ1n) is 13.6. The Balaban J connectivity index is 3.53. The third kappa shape index (κ3) is 25.3. The minimum Gasteiger partial charge on any atom is -0.778 e. The highest BCUT2D eigenvalue weighted by atomic mass is 32.2. The lowest BCUT2D eigenvalue weighted by atomic mass is 10.0. The molecule has 0 aliphatic carbocycles. The van der Waals surface area contributed by atoms with Gasteiger partial charge in [0.2, 0.25) is 0 Å². The summed E-state index contributed by atoms with van der Waals surface area (Å²) in [5, 5.41) is 0. The predicted octanol–water partition coefficient (Wildman–Crippen LogP) is 6.88. The summed E-state index contributed by atoms with van der Waals surface area (Å²) in [7, 11) is 3.97. The van der Waals surface area contributed by atoms with Gasteiger partial charge in [-0.1, -0.05) is 90.4 Å². The van der Waals surface area contributed by atoms with Gasteiger partial charge in [0.1, 0.15) is 20.7 Å². The van der Waals surface area contributed by atoms with Gasteiger partial charge in [-0.25, -0.2) is 0 Å². The maximum Gasteiger partial charge on any atom is 0.135 e. The van der Waals surface area contributed by atoms with Crippen molar-refractivity contribution >= 4 is 19.4 Å². The second-order valence-corrected chi connectivity index (χ2v) is 13.6. The van der Waals surface area contributed by atoms with Gasteiger partial charge in [0.15, 0.2) is 0 Å². The molecule has 0 heterocycles. The summed E-state index contributed by atoms with van der Waals surface area (Å²) in [6.07, 6.45) is 19.9. The van der Waals surface area contributed by atoms with E-state index in [4.69, 9.17) is 9.26 Å². The zero-order chi connectivity index (χ0) is 24.8. The molecule has 0 radical (unpaired) electrons. The summed E-state index contributed by atoms with van der Waals surface area (Å²) < 4.78 is 23.4. The second kappa shape index (κ2) is 21.7. The molecular formula is C26H56NO4PS. The van der Waals surface area contributed by atoms with Crippen molar-refractivity contribution in [2.75, 3.05) is 59.1 Å². The van der Waals surface area contributed by atoms with E-state index < -0.39 is 7.60 Å². The average Bonchev–Trinajstić information content (AvgIpc) is 2.74. The van der Waals surface area contributed by atoms with Crippen LogP contribution in [0, 0.1) is 0 Å². The lowest BCUT2D eigenvalue weighted by Crippen LogP contribution is -2.37. The van der Waals surface area contributed by atoms with Crippen molar-refractivity contribution in [3.8, 4) is 0 Å². The largest absolute Gasteiger partial charge is 0.778 e. The van der Waals surface area contributed by atoms with Crippen LogP contribution in [0.2, 0.25) is 0 Å².